The lowest BCUT2D eigenvalue weighted by molar-refractivity contribution is 0.283. The van der Waals surface area contributed by atoms with Crippen LogP contribution >= 0.6 is 0 Å². The number of aliphatic hydroxyl groups excluding tert-OH is 1. The van der Waals surface area contributed by atoms with E-state index in [2.05, 4.69) is 24.4 Å². The highest BCUT2D eigenvalue weighted by molar-refractivity contribution is 5.27. The fourth-order valence-corrected chi connectivity index (χ4v) is 1.70. The molecule has 0 aliphatic carbocycles. The van der Waals surface area contributed by atoms with Crippen molar-refractivity contribution >= 4 is 0 Å². The molecule has 0 saturated heterocycles. The molecule has 0 amide bonds. The van der Waals surface area contributed by atoms with Crippen LogP contribution in [0.15, 0.2) is 24.3 Å². The number of methoxy groups -OCH3 is 1. The minimum absolute atomic E-state index is 0.262. The lowest BCUT2D eigenvalue weighted by Gasteiger charge is -2.13. The van der Waals surface area contributed by atoms with E-state index in [1.807, 2.05) is 12.1 Å². The monoisotopic (exact) mass is 237 g/mol. The second kappa shape index (κ2) is 8.09. The van der Waals surface area contributed by atoms with Gasteiger partial charge in [-0.05, 0) is 50.4 Å². The predicted octanol–water partition coefficient (Wildman–Crippen LogP) is 1.99. The molecule has 1 aromatic carbocycles. The summed E-state index contributed by atoms with van der Waals surface area (Å²) < 4.78 is 5.12. The molecule has 1 atom stereocenters. The van der Waals surface area contributed by atoms with Gasteiger partial charge >= 0.3 is 0 Å². The van der Waals surface area contributed by atoms with Crippen LogP contribution in [0.5, 0.6) is 5.75 Å². The van der Waals surface area contributed by atoms with Crippen LogP contribution in [-0.4, -0.2) is 31.4 Å². The number of aryl methyl sites for hydroxylation is 1. The quantitative estimate of drug-likeness (QED) is 0.679. The predicted molar refractivity (Wildman–Crippen MR) is 70.5 cm³/mol. The zero-order valence-corrected chi connectivity index (χ0v) is 10.8. The van der Waals surface area contributed by atoms with Crippen LogP contribution in [0, 0.1) is 0 Å². The van der Waals surface area contributed by atoms with Gasteiger partial charge in [0.15, 0.2) is 0 Å². The summed E-state index contributed by atoms with van der Waals surface area (Å²) in [5.74, 6) is 0.905. The minimum Gasteiger partial charge on any atom is -0.497 e. The van der Waals surface area contributed by atoms with Crippen molar-refractivity contribution in [2.24, 2.45) is 0 Å². The maximum Gasteiger partial charge on any atom is 0.118 e. The Balaban J connectivity index is 2.24. The molecule has 0 aromatic heterocycles. The highest BCUT2D eigenvalue weighted by atomic mass is 16.5. The van der Waals surface area contributed by atoms with Crippen LogP contribution in [0.2, 0.25) is 0 Å². The number of aliphatic hydroxyl groups is 1. The van der Waals surface area contributed by atoms with Crippen LogP contribution < -0.4 is 10.1 Å². The van der Waals surface area contributed by atoms with E-state index in [4.69, 9.17) is 9.84 Å². The van der Waals surface area contributed by atoms with Gasteiger partial charge in [0.2, 0.25) is 0 Å². The Morgan fingerprint density at radius 2 is 2.00 bits per heavy atom. The van der Waals surface area contributed by atoms with Crippen LogP contribution in [0.1, 0.15) is 25.3 Å². The summed E-state index contributed by atoms with van der Waals surface area (Å²) in [6.07, 6.45) is 3.00. The molecule has 0 radical (unpaired) electrons. The number of hydrogen-bond acceptors (Lipinski definition) is 3. The van der Waals surface area contributed by atoms with Gasteiger partial charge < -0.3 is 15.2 Å². The lowest BCUT2D eigenvalue weighted by Crippen LogP contribution is -2.27. The van der Waals surface area contributed by atoms with E-state index in [-0.39, 0.29) is 6.61 Å². The van der Waals surface area contributed by atoms with Crippen molar-refractivity contribution < 1.29 is 9.84 Å². The second-order valence-electron chi connectivity index (χ2n) is 4.32. The van der Waals surface area contributed by atoms with Gasteiger partial charge in [0.1, 0.15) is 5.75 Å². The van der Waals surface area contributed by atoms with E-state index in [1.54, 1.807) is 7.11 Å². The highest BCUT2D eigenvalue weighted by Gasteiger charge is 2.01. The molecule has 0 saturated carbocycles. The molecule has 1 aromatic rings. The molecular formula is C14H23NO2. The van der Waals surface area contributed by atoms with E-state index < -0.39 is 0 Å². The Bertz CT molecular complexity index is 298. The van der Waals surface area contributed by atoms with E-state index >= 15 is 0 Å². The summed E-state index contributed by atoms with van der Waals surface area (Å²) in [6.45, 7) is 3.33. The Morgan fingerprint density at radius 3 is 2.59 bits per heavy atom. The first-order valence-corrected chi connectivity index (χ1v) is 6.23. The summed E-state index contributed by atoms with van der Waals surface area (Å²) in [6, 6.07) is 8.71. The summed E-state index contributed by atoms with van der Waals surface area (Å²) in [5.41, 5.74) is 1.33. The Hall–Kier alpha value is -1.06. The molecule has 0 aliphatic rings. The molecule has 3 heteroatoms. The summed E-state index contributed by atoms with van der Waals surface area (Å²) in [5, 5.41) is 12.1. The molecule has 3 nitrogen and oxygen atoms in total. The van der Waals surface area contributed by atoms with Crippen LogP contribution in [0.3, 0.4) is 0 Å². The van der Waals surface area contributed by atoms with Crippen molar-refractivity contribution in [3.63, 3.8) is 0 Å². The van der Waals surface area contributed by atoms with Crippen LogP contribution in [-0.2, 0) is 6.42 Å². The average Bonchev–Trinajstić information content (AvgIpc) is 2.37. The van der Waals surface area contributed by atoms with E-state index in [9.17, 15) is 0 Å². The molecule has 17 heavy (non-hydrogen) atoms. The average molecular weight is 237 g/mol. The van der Waals surface area contributed by atoms with Gasteiger partial charge in [-0.25, -0.2) is 0 Å². The van der Waals surface area contributed by atoms with E-state index in [1.165, 1.54) is 5.56 Å². The van der Waals surface area contributed by atoms with Gasteiger partial charge in [0.05, 0.1) is 7.11 Å². The Morgan fingerprint density at radius 1 is 1.29 bits per heavy atom. The van der Waals surface area contributed by atoms with Crippen LogP contribution in [0.4, 0.5) is 0 Å². The minimum atomic E-state index is 0.262. The number of nitrogens with one attached hydrogen (secondary N) is 1. The van der Waals surface area contributed by atoms with Gasteiger partial charge in [0.25, 0.3) is 0 Å². The van der Waals surface area contributed by atoms with E-state index in [0.29, 0.717) is 6.04 Å². The summed E-state index contributed by atoms with van der Waals surface area (Å²) in [4.78, 5) is 0. The number of benzene rings is 1. The smallest absolute Gasteiger partial charge is 0.118 e. The molecule has 0 fully saturated rings. The topological polar surface area (TPSA) is 41.5 Å². The van der Waals surface area contributed by atoms with Gasteiger partial charge in [-0.1, -0.05) is 12.1 Å². The van der Waals surface area contributed by atoms with Crippen molar-refractivity contribution in [2.45, 2.75) is 32.2 Å². The van der Waals surface area contributed by atoms with Gasteiger partial charge in [0, 0.05) is 12.6 Å². The maximum absolute atomic E-state index is 8.68. The molecule has 0 spiro atoms. The van der Waals surface area contributed by atoms with E-state index in [0.717, 1.165) is 31.6 Å². The van der Waals surface area contributed by atoms with Gasteiger partial charge in [-0.15, -0.1) is 0 Å². The molecular weight excluding hydrogens is 214 g/mol. The first kappa shape index (κ1) is 14.0. The number of rotatable bonds is 8. The van der Waals surface area contributed by atoms with Crippen molar-refractivity contribution in [2.75, 3.05) is 20.3 Å². The summed E-state index contributed by atoms with van der Waals surface area (Å²) in [7, 11) is 1.68. The molecule has 0 aliphatic heterocycles. The van der Waals surface area contributed by atoms with Gasteiger partial charge in [-0.2, -0.15) is 0 Å². The SMILES string of the molecule is COc1ccc(CCC(C)NCCCO)cc1. The molecule has 96 valence electrons. The first-order valence-electron chi connectivity index (χ1n) is 6.23. The van der Waals surface area contributed by atoms with Crippen molar-refractivity contribution in [1.29, 1.82) is 0 Å². The Labute approximate surface area is 104 Å². The highest BCUT2D eigenvalue weighted by Crippen LogP contribution is 2.13. The molecule has 1 rings (SSSR count). The molecule has 0 heterocycles. The third-order valence-electron chi connectivity index (χ3n) is 2.85. The number of ether oxygens (including phenoxy) is 1. The standard InChI is InChI=1S/C14H23NO2/c1-12(15-10-3-11-16)4-5-13-6-8-14(17-2)9-7-13/h6-9,12,15-16H,3-5,10-11H2,1-2H3. The Kier molecular flexibility index (Phi) is 6.67. The van der Waals surface area contributed by atoms with Crippen LogP contribution in [0.25, 0.3) is 0 Å². The van der Waals surface area contributed by atoms with Crippen molar-refractivity contribution in [3.05, 3.63) is 29.8 Å². The number of hydrogen-bond donors (Lipinski definition) is 2. The normalized spacial score (nSPS) is 12.4. The fraction of sp³-hybridized carbons (Fsp3) is 0.571. The van der Waals surface area contributed by atoms with Crippen molar-refractivity contribution in [1.82, 2.24) is 5.32 Å². The third-order valence-corrected chi connectivity index (χ3v) is 2.85. The summed E-state index contributed by atoms with van der Waals surface area (Å²) >= 11 is 0. The zero-order chi connectivity index (χ0) is 12.5. The van der Waals surface area contributed by atoms with Crippen molar-refractivity contribution in [3.8, 4) is 5.75 Å². The third kappa shape index (κ3) is 5.71. The second-order valence-corrected chi connectivity index (χ2v) is 4.32. The molecule has 0 bridgehead atoms. The maximum atomic E-state index is 8.68. The zero-order valence-electron chi connectivity index (χ0n) is 10.8. The van der Waals surface area contributed by atoms with Gasteiger partial charge in [-0.3, -0.25) is 0 Å². The first-order chi connectivity index (χ1) is 8.26. The fourth-order valence-electron chi connectivity index (χ4n) is 1.70. The largest absolute Gasteiger partial charge is 0.497 e. The molecule has 2 N–H and O–H groups in total. The lowest BCUT2D eigenvalue weighted by atomic mass is 10.1. The molecule has 1 unspecified atom stereocenters.